The summed E-state index contributed by atoms with van der Waals surface area (Å²) in [7, 11) is 1.67. The second kappa shape index (κ2) is 5.89. The zero-order valence-electron chi connectivity index (χ0n) is 8.03. The molecule has 0 radical (unpaired) electrons. The number of nitriles is 1. The smallest absolute Gasteiger partial charge is 0.145 e. The molecule has 0 atom stereocenters. The number of nitrogens with zero attached hydrogens (tertiary/aromatic N) is 3. The number of hydrogen-bond donors (Lipinski definition) is 1. The van der Waals surface area contributed by atoms with Crippen molar-refractivity contribution in [2.75, 3.05) is 25.6 Å². The Morgan fingerprint density at radius 1 is 1.57 bits per heavy atom. The summed E-state index contributed by atoms with van der Waals surface area (Å²) in [6.45, 7) is 1.49. The Morgan fingerprint density at radius 2 is 2.43 bits per heavy atom. The molecule has 0 aromatic carbocycles. The van der Waals surface area contributed by atoms with Gasteiger partial charge in [-0.2, -0.15) is 5.26 Å². The van der Waals surface area contributed by atoms with Crippen molar-refractivity contribution < 1.29 is 4.74 Å². The van der Waals surface area contributed by atoms with Crippen LogP contribution in [0.1, 0.15) is 12.1 Å². The molecule has 0 aliphatic carbocycles. The average Bonchev–Trinajstić information content (AvgIpc) is 2.25. The maximum Gasteiger partial charge on any atom is 0.145 e. The van der Waals surface area contributed by atoms with Crippen molar-refractivity contribution in [2.45, 2.75) is 6.42 Å². The summed E-state index contributed by atoms with van der Waals surface area (Å²) in [6.07, 6.45) is 2.28. The lowest BCUT2D eigenvalue weighted by molar-refractivity contribution is 0.198. The Labute approximate surface area is 82.8 Å². The largest absolute Gasteiger partial charge is 0.385 e. The van der Waals surface area contributed by atoms with E-state index in [9.17, 15) is 0 Å². The Bertz CT molecular complexity index is 321. The molecule has 1 aromatic heterocycles. The van der Waals surface area contributed by atoms with E-state index in [1.54, 1.807) is 13.2 Å². The van der Waals surface area contributed by atoms with Crippen molar-refractivity contribution in [1.29, 1.82) is 5.26 Å². The molecule has 0 fully saturated rings. The molecule has 0 spiro atoms. The third-order valence-electron chi connectivity index (χ3n) is 1.61. The van der Waals surface area contributed by atoms with Crippen molar-refractivity contribution in [3.05, 3.63) is 18.1 Å². The molecule has 0 bridgehead atoms. The van der Waals surface area contributed by atoms with Gasteiger partial charge in [0, 0.05) is 26.3 Å². The van der Waals surface area contributed by atoms with E-state index in [2.05, 4.69) is 15.3 Å². The first kappa shape index (κ1) is 10.4. The van der Waals surface area contributed by atoms with Gasteiger partial charge in [0.2, 0.25) is 0 Å². The minimum Gasteiger partial charge on any atom is -0.385 e. The average molecular weight is 192 g/mol. The van der Waals surface area contributed by atoms with Gasteiger partial charge in [-0.3, -0.25) is 0 Å². The van der Waals surface area contributed by atoms with Gasteiger partial charge in [-0.25, -0.2) is 9.97 Å². The second-order valence-corrected chi connectivity index (χ2v) is 2.67. The van der Waals surface area contributed by atoms with E-state index >= 15 is 0 Å². The van der Waals surface area contributed by atoms with E-state index in [0.717, 1.165) is 13.0 Å². The van der Waals surface area contributed by atoms with Gasteiger partial charge in [-0.15, -0.1) is 0 Å². The quantitative estimate of drug-likeness (QED) is 0.698. The maximum atomic E-state index is 8.58. The van der Waals surface area contributed by atoms with Crippen LogP contribution in [0.4, 0.5) is 5.82 Å². The third-order valence-corrected chi connectivity index (χ3v) is 1.61. The molecule has 1 aromatic rings. The molecule has 1 heterocycles. The third kappa shape index (κ3) is 3.37. The normalized spacial score (nSPS) is 9.43. The van der Waals surface area contributed by atoms with E-state index in [4.69, 9.17) is 10.00 Å². The Kier molecular flexibility index (Phi) is 4.38. The number of aromatic nitrogens is 2. The minimum atomic E-state index is 0.370. The molecule has 0 amide bonds. The fraction of sp³-hybridized carbons (Fsp3) is 0.444. The highest BCUT2D eigenvalue weighted by atomic mass is 16.5. The molecule has 74 valence electrons. The Morgan fingerprint density at radius 3 is 3.14 bits per heavy atom. The van der Waals surface area contributed by atoms with Gasteiger partial charge in [0.1, 0.15) is 23.9 Å². The van der Waals surface area contributed by atoms with Crippen LogP contribution >= 0.6 is 0 Å². The fourth-order valence-electron chi connectivity index (χ4n) is 0.948. The van der Waals surface area contributed by atoms with Crippen molar-refractivity contribution in [3.63, 3.8) is 0 Å². The van der Waals surface area contributed by atoms with E-state index in [1.807, 2.05) is 6.07 Å². The zero-order chi connectivity index (χ0) is 10.2. The summed E-state index contributed by atoms with van der Waals surface area (Å²) in [4.78, 5) is 7.74. The second-order valence-electron chi connectivity index (χ2n) is 2.67. The molecule has 1 rings (SSSR count). The summed E-state index contributed by atoms with van der Waals surface area (Å²) in [6, 6.07) is 3.57. The van der Waals surface area contributed by atoms with Crippen LogP contribution in [0.5, 0.6) is 0 Å². The van der Waals surface area contributed by atoms with Crippen LogP contribution in [0.25, 0.3) is 0 Å². The van der Waals surface area contributed by atoms with Gasteiger partial charge in [-0.1, -0.05) is 0 Å². The van der Waals surface area contributed by atoms with Crippen LogP contribution < -0.4 is 5.32 Å². The van der Waals surface area contributed by atoms with E-state index < -0.39 is 0 Å². The predicted molar refractivity (Wildman–Crippen MR) is 51.7 cm³/mol. The van der Waals surface area contributed by atoms with Crippen molar-refractivity contribution >= 4 is 5.82 Å². The fourth-order valence-corrected chi connectivity index (χ4v) is 0.948. The van der Waals surface area contributed by atoms with Crippen molar-refractivity contribution in [1.82, 2.24) is 9.97 Å². The molecule has 0 aliphatic rings. The van der Waals surface area contributed by atoms with Gasteiger partial charge in [0.15, 0.2) is 0 Å². The number of rotatable bonds is 5. The van der Waals surface area contributed by atoms with Crippen LogP contribution in [-0.4, -0.2) is 30.2 Å². The first-order valence-corrected chi connectivity index (χ1v) is 4.32. The van der Waals surface area contributed by atoms with Crippen LogP contribution in [0.2, 0.25) is 0 Å². The molecule has 5 heteroatoms. The van der Waals surface area contributed by atoms with Crippen molar-refractivity contribution in [2.24, 2.45) is 0 Å². The lowest BCUT2D eigenvalue weighted by Gasteiger charge is -2.03. The predicted octanol–water partition coefficient (Wildman–Crippen LogP) is 0.797. The standard InChI is InChI=1S/C9H12N4O/c1-14-4-2-3-11-9-5-8(6-10)12-7-13-9/h5,7H,2-4H2,1H3,(H,11,12,13). The highest BCUT2D eigenvalue weighted by Crippen LogP contribution is 2.02. The lowest BCUT2D eigenvalue weighted by Crippen LogP contribution is -2.06. The van der Waals surface area contributed by atoms with Gasteiger partial charge in [-0.05, 0) is 6.42 Å². The number of methoxy groups -OCH3 is 1. The molecule has 0 saturated heterocycles. The lowest BCUT2D eigenvalue weighted by atomic mass is 10.4. The zero-order valence-corrected chi connectivity index (χ0v) is 8.03. The summed E-state index contributed by atoms with van der Waals surface area (Å²) in [5.74, 6) is 0.674. The maximum absolute atomic E-state index is 8.58. The number of nitrogens with one attached hydrogen (secondary N) is 1. The molecule has 1 N–H and O–H groups in total. The van der Waals surface area contributed by atoms with Gasteiger partial charge < -0.3 is 10.1 Å². The van der Waals surface area contributed by atoms with Crippen LogP contribution in [-0.2, 0) is 4.74 Å². The van der Waals surface area contributed by atoms with Gasteiger partial charge in [0.05, 0.1) is 0 Å². The van der Waals surface area contributed by atoms with E-state index in [0.29, 0.717) is 18.1 Å². The first-order valence-electron chi connectivity index (χ1n) is 4.32. The number of anilines is 1. The Balaban J connectivity index is 2.39. The van der Waals surface area contributed by atoms with Crippen LogP contribution in [0, 0.1) is 11.3 Å². The Hall–Kier alpha value is -1.67. The topological polar surface area (TPSA) is 70.8 Å². The van der Waals surface area contributed by atoms with Crippen LogP contribution in [0.3, 0.4) is 0 Å². The summed E-state index contributed by atoms with van der Waals surface area (Å²) >= 11 is 0. The van der Waals surface area contributed by atoms with E-state index in [1.165, 1.54) is 6.33 Å². The molecular formula is C9H12N4O. The van der Waals surface area contributed by atoms with E-state index in [-0.39, 0.29) is 0 Å². The number of ether oxygens (including phenoxy) is 1. The van der Waals surface area contributed by atoms with Crippen molar-refractivity contribution in [3.8, 4) is 6.07 Å². The van der Waals surface area contributed by atoms with Gasteiger partial charge in [0.25, 0.3) is 0 Å². The minimum absolute atomic E-state index is 0.370. The molecule has 14 heavy (non-hydrogen) atoms. The highest BCUT2D eigenvalue weighted by molar-refractivity contribution is 5.38. The summed E-state index contributed by atoms with van der Waals surface area (Å²) in [5.41, 5.74) is 0.370. The van der Waals surface area contributed by atoms with Crippen LogP contribution in [0.15, 0.2) is 12.4 Å². The molecule has 0 aliphatic heterocycles. The first-order chi connectivity index (χ1) is 6.86. The molecular weight excluding hydrogens is 180 g/mol. The monoisotopic (exact) mass is 192 g/mol. The summed E-state index contributed by atoms with van der Waals surface area (Å²) in [5, 5.41) is 11.7. The van der Waals surface area contributed by atoms with Gasteiger partial charge >= 0.3 is 0 Å². The number of hydrogen-bond acceptors (Lipinski definition) is 5. The molecule has 5 nitrogen and oxygen atoms in total. The highest BCUT2D eigenvalue weighted by Gasteiger charge is 1.96. The molecule has 0 unspecified atom stereocenters. The summed E-state index contributed by atoms with van der Waals surface area (Å²) < 4.78 is 4.90. The molecule has 0 saturated carbocycles. The SMILES string of the molecule is COCCCNc1cc(C#N)ncn1.